The van der Waals surface area contributed by atoms with Crippen LogP contribution in [0.1, 0.15) is 0 Å². The van der Waals surface area contributed by atoms with Crippen molar-refractivity contribution in [2.24, 2.45) is 0 Å². The SMILES string of the molecule is OCC1=[As]C=CC=C1. The molecule has 2 heteroatoms. The fourth-order valence-electron chi connectivity index (χ4n) is 0.492. The van der Waals surface area contributed by atoms with Crippen LogP contribution in [0.2, 0.25) is 0 Å². The van der Waals surface area contributed by atoms with Crippen LogP contribution in [-0.4, -0.2) is 31.3 Å². The molecule has 1 aliphatic rings. The van der Waals surface area contributed by atoms with Crippen molar-refractivity contribution in [3.8, 4) is 0 Å². The normalized spacial score (nSPS) is 18.4. The van der Waals surface area contributed by atoms with E-state index in [0.29, 0.717) is 0 Å². The van der Waals surface area contributed by atoms with Gasteiger partial charge in [-0.15, -0.1) is 0 Å². The van der Waals surface area contributed by atoms with Gasteiger partial charge >= 0.3 is 54.4 Å². The third-order valence-corrected chi connectivity index (χ3v) is 2.87. The molecule has 0 amide bonds. The van der Waals surface area contributed by atoms with E-state index in [9.17, 15) is 0 Å². The van der Waals surface area contributed by atoms with Gasteiger partial charge in [0, 0.05) is 0 Å². The van der Waals surface area contributed by atoms with Gasteiger partial charge in [0.05, 0.1) is 0 Å². The van der Waals surface area contributed by atoms with Crippen LogP contribution in [0.15, 0.2) is 23.1 Å². The molecule has 0 spiro atoms. The van der Waals surface area contributed by atoms with Crippen LogP contribution >= 0.6 is 0 Å². The Morgan fingerprint density at radius 1 is 1.50 bits per heavy atom. The van der Waals surface area contributed by atoms with Crippen molar-refractivity contribution in [3.63, 3.8) is 0 Å². The summed E-state index contributed by atoms with van der Waals surface area (Å²) in [6.07, 6.45) is 5.98. The molecule has 1 N–H and O–H groups in total. The number of aliphatic hydroxyl groups is 1. The number of hydrogen-bond donors (Lipinski definition) is 1. The van der Waals surface area contributed by atoms with Gasteiger partial charge in [0.15, 0.2) is 0 Å². The molecule has 0 unspecified atom stereocenters. The van der Waals surface area contributed by atoms with E-state index in [4.69, 9.17) is 5.11 Å². The fraction of sp³-hybridized carbons (Fsp3) is 0.167. The van der Waals surface area contributed by atoms with Crippen molar-refractivity contribution < 1.29 is 5.11 Å². The molecule has 42 valence electrons. The van der Waals surface area contributed by atoms with E-state index in [0.717, 1.165) is 0 Å². The second-order valence-electron chi connectivity index (χ2n) is 1.48. The summed E-state index contributed by atoms with van der Waals surface area (Å²) in [5.74, 6) is 0. The summed E-state index contributed by atoms with van der Waals surface area (Å²) in [5, 5.41) is 8.59. The zero-order valence-electron chi connectivity index (χ0n) is 4.41. The summed E-state index contributed by atoms with van der Waals surface area (Å²) in [6, 6.07) is 0. The molecule has 1 aliphatic heterocycles. The number of rotatable bonds is 1. The number of allylic oxidation sites excluding steroid dienone is 2. The molecule has 0 aromatic heterocycles. The molecule has 0 aliphatic carbocycles. The summed E-state index contributed by atoms with van der Waals surface area (Å²) >= 11 is 0.175. The summed E-state index contributed by atoms with van der Waals surface area (Å²) in [6.45, 7) is 0.237. The van der Waals surface area contributed by atoms with Crippen LogP contribution in [0.4, 0.5) is 0 Å². The van der Waals surface area contributed by atoms with Gasteiger partial charge in [-0.1, -0.05) is 0 Å². The maximum atomic E-state index is 8.59. The Morgan fingerprint density at radius 2 is 2.38 bits per heavy atom. The Hall–Kier alpha value is -0.132. The van der Waals surface area contributed by atoms with Crippen LogP contribution in [0.3, 0.4) is 0 Å². The van der Waals surface area contributed by atoms with E-state index in [-0.39, 0.29) is 21.9 Å². The zero-order chi connectivity index (χ0) is 5.82. The Morgan fingerprint density at radius 3 is 2.75 bits per heavy atom. The molecule has 0 fully saturated rings. The van der Waals surface area contributed by atoms with Gasteiger partial charge in [-0.25, -0.2) is 0 Å². The molecule has 0 radical (unpaired) electrons. The predicted molar refractivity (Wildman–Crippen MR) is 36.1 cm³/mol. The van der Waals surface area contributed by atoms with Crippen LogP contribution in [0.5, 0.6) is 0 Å². The Labute approximate surface area is 54.9 Å². The van der Waals surface area contributed by atoms with Crippen LogP contribution in [0, 0.1) is 0 Å². The van der Waals surface area contributed by atoms with Crippen molar-refractivity contribution >= 4 is 19.6 Å². The molecular formula is C6H7AsO. The predicted octanol–water partition coefficient (Wildman–Crippen LogP) is -0.0612. The first-order valence-corrected chi connectivity index (χ1v) is 4.46. The maximum absolute atomic E-state index is 8.59. The summed E-state index contributed by atoms with van der Waals surface area (Å²) in [4.78, 5) is 2.13. The summed E-state index contributed by atoms with van der Waals surface area (Å²) in [7, 11) is 0. The van der Waals surface area contributed by atoms with Gasteiger partial charge < -0.3 is 0 Å². The summed E-state index contributed by atoms with van der Waals surface area (Å²) in [5.41, 5.74) is 0. The van der Waals surface area contributed by atoms with E-state index in [1.165, 1.54) is 4.30 Å². The van der Waals surface area contributed by atoms with Crippen LogP contribution in [-0.2, 0) is 0 Å². The molecule has 8 heavy (non-hydrogen) atoms. The van der Waals surface area contributed by atoms with Gasteiger partial charge in [0.2, 0.25) is 0 Å². The number of hydrogen-bond acceptors (Lipinski definition) is 1. The molecule has 1 rings (SSSR count). The third kappa shape index (κ3) is 1.43. The Balaban J connectivity index is 2.68. The second kappa shape index (κ2) is 3.01. The zero-order valence-corrected chi connectivity index (χ0v) is 6.29. The van der Waals surface area contributed by atoms with Gasteiger partial charge in [-0.2, -0.15) is 0 Å². The summed E-state index contributed by atoms with van der Waals surface area (Å²) < 4.78 is 1.18. The minimum absolute atomic E-state index is 0.175. The Bertz CT molecular complexity index is 156. The van der Waals surface area contributed by atoms with Crippen molar-refractivity contribution in [1.82, 2.24) is 0 Å². The van der Waals surface area contributed by atoms with Crippen molar-refractivity contribution in [3.05, 3.63) is 23.1 Å². The molecule has 0 bridgehead atoms. The van der Waals surface area contributed by atoms with E-state index < -0.39 is 0 Å². The standard InChI is InChI=1S/C6H7AsO/c8-5-6-3-1-2-4-7-6/h1-4,8H,5H2. The molecule has 1 nitrogen and oxygen atoms in total. The first-order valence-electron chi connectivity index (χ1n) is 2.44. The fourth-order valence-corrected chi connectivity index (χ4v) is 1.81. The molecule has 0 aromatic rings. The van der Waals surface area contributed by atoms with Gasteiger partial charge in [0.1, 0.15) is 0 Å². The quantitative estimate of drug-likeness (QED) is 0.546. The monoisotopic (exact) mass is 170 g/mol. The molecule has 1 heterocycles. The minimum atomic E-state index is 0.175. The average Bonchev–Trinajstić information content (AvgIpc) is 1.90. The topological polar surface area (TPSA) is 20.2 Å². The second-order valence-corrected chi connectivity index (χ2v) is 3.85. The molecule has 0 aromatic carbocycles. The van der Waals surface area contributed by atoms with Crippen LogP contribution in [0.25, 0.3) is 0 Å². The van der Waals surface area contributed by atoms with E-state index in [2.05, 4.69) is 4.86 Å². The van der Waals surface area contributed by atoms with Gasteiger partial charge in [-0.05, 0) is 0 Å². The van der Waals surface area contributed by atoms with Crippen molar-refractivity contribution in [2.45, 2.75) is 0 Å². The average molecular weight is 170 g/mol. The first kappa shape index (κ1) is 6.00. The first-order chi connectivity index (χ1) is 3.93. The van der Waals surface area contributed by atoms with Crippen molar-refractivity contribution in [2.75, 3.05) is 6.61 Å². The third-order valence-electron chi connectivity index (χ3n) is 0.888. The Kier molecular flexibility index (Phi) is 2.25. The van der Waals surface area contributed by atoms with Crippen molar-refractivity contribution in [1.29, 1.82) is 0 Å². The number of aliphatic hydroxyl groups excluding tert-OH is 1. The van der Waals surface area contributed by atoms with Gasteiger partial charge in [-0.3, -0.25) is 0 Å². The molecular weight excluding hydrogens is 163 g/mol. The molecule has 0 atom stereocenters. The molecule has 0 saturated carbocycles. The van der Waals surface area contributed by atoms with E-state index in [1.807, 2.05) is 18.2 Å². The molecule has 0 saturated heterocycles. The van der Waals surface area contributed by atoms with E-state index in [1.54, 1.807) is 0 Å². The van der Waals surface area contributed by atoms with Crippen LogP contribution < -0.4 is 0 Å². The van der Waals surface area contributed by atoms with E-state index >= 15 is 0 Å². The van der Waals surface area contributed by atoms with Gasteiger partial charge in [0.25, 0.3) is 0 Å².